The van der Waals surface area contributed by atoms with E-state index in [-0.39, 0.29) is 16.8 Å². The van der Waals surface area contributed by atoms with Gasteiger partial charge in [0.15, 0.2) is 9.84 Å². The predicted octanol–water partition coefficient (Wildman–Crippen LogP) is 3.66. The molecule has 0 aliphatic heterocycles. The smallest absolute Gasteiger partial charge is 0.175 e. The van der Waals surface area contributed by atoms with E-state index in [2.05, 4.69) is 15.3 Å². The van der Waals surface area contributed by atoms with Gasteiger partial charge in [0.2, 0.25) is 0 Å². The number of hydrogen-bond donors (Lipinski definition) is 1. The molecule has 1 aliphatic carbocycles. The van der Waals surface area contributed by atoms with Crippen LogP contribution in [0.4, 0.5) is 10.2 Å². The molecule has 4 rings (SSSR count). The third-order valence-electron chi connectivity index (χ3n) is 4.77. The Morgan fingerprint density at radius 3 is 2.81 bits per heavy atom. The van der Waals surface area contributed by atoms with Crippen LogP contribution in [-0.4, -0.2) is 24.6 Å². The van der Waals surface area contributed by atoms with Gasteiger partial charge in [0.1, 0.15) is 18.0 Å². The maximum atomic E-state index is 13.7. The maximum absolute atomic E-state index is 13.7. The second-order valence-corrected chi connectivity index (χ2v) is 8.62. The van der Waals surface area contributed by atoms with Crippen LogP contribution in [0.3, 0.4) is 0 Å². The molecule has 7 heteroatoms. The normalized spacial score (nSPS) is 17.1. The summed E-state index contributed by atoms with van der Waals surface area (Å²) in [7, 11) is -3.33. The van der Waals surface area contributed by atoms with E-state index in [0.29, 0.717) is 16.7 Å². The van der Waals surface area contributed by atoms with Crippen molar-refractivity contribution in [1.29, 1.82) is 0 Å². The first-order valence-electron chi connectivity index (χ1n) is 8.41. The monoisotopic (exact) mass is 371 g/mol. The SMILES string of the molecule is CS(=O)(=O)c1ccc2ncnc(N[C@H]3CCCc4ccc(F)cc43)c2c1. The molecular weight excluding hydrogens is 353 g/mol. The first-order chi connectivity index (χ1) is 12.4. The zero-order chi connectivity index (χ0) is 18.3. The second-order valence-electron chi connectivity index (χ2n) is 6.61. The van der Waals surface area contributed by atoms with Crippen LogP contribution in [0.1, 0.15) is 30.0 Å². The third-order valence-corrected chi connectivity index (χ3v) is 5.88. The van der Waals surface area contributed by atoms with Crippen LogP contribution in [0, 0.1) is 5.82 Å². The van der Waals surface area contributed by atoms with Gasteiger partial charge >= 0.3 is 0 Å². The fourth-order valence-electron chi connectivity index (χ4n) is 3.47. The second kappa shape index (κ2) is 6.32. The first kappa shape index (κ1) is 16.9. The van der Waals surface area contributed by atoms with Crippen molar-refractivity contribution in [3.63, 3.8) is 0 Å². The van der Waals surface area contributed by atoms with Gasteiger partial charge in [-0.2, -0.15) is 0 Å². The summed E-state index contributed by atoms with van der Waals surface area (Å²) in [5, 5.41) is 4.01. The van der Waals surface area contributed by atoms with Gasteiger partial charge in [-0.1, -0.05) is 6.07 Å². The summed E-state index contributed by atoms with van der Waals surface area (Å²) >= 11 is 0. The highest BCUT2D eigenvalue weighted by Gasteiger charge is 2.22. The van der Waals surface area contributed by atoms with Gasteiger partial charge in [-0.05, 0) is 60.7 Å². The molecule has 0 bridgehead atoms. The van der Waals surface area contributed by atoms with Crippen molar-refractivity contribution in [2.24, 2.45) is 0 Å². The van der Waals surface area contributed by atoms with E-state index < -0.39 is 9.84 Å². The zero-order valence-electron chi connectivity index (χ0n) is 14.2. The minimum atomic E-state index is -3.33. The highest BCUT2D eigenvalue weighted by Crippen LogP contribution is 2.34. The molecule has 0 radical (unpaired) electrons. The fourth-order valence-corrected chi connectivity index (χ4v) is 4.11. The van der Waals surface area contributed by atoms with E-state index in [0.717, 1.165) is 30.4 Å². The van der Waals surface area contributed by atoms with Crippen molar-refractivity contribution in [3.05, 3.63) is 59.7 Å². The number of hydrogen-bond acceptors (Lipinski definition) is 5. The number of anilines is 1. The zero-order valence-corrected chi connectivity index (χ0v) is 15.1. The van der Waals surface area contributed by atoms with Crippen LogP contribution in [0.5, 0.6) is 0 Å². The lowest BCUT2D eigenvalue weighted by Gasteiger charge is -2.27. The molecule has 0 spiro atoms. The Bertz CT molecular complexity index is 1100. The Balaban J connectivity index is 1.78. The van der Waals surface area contributed by atoms with Crippen molar-refractivity contribution in [3.8, 4) is 0 Å². The molecule has 1 aromatic heterocycles. The van der Waals surface area contributed by atoms with Crippen molar-refractivity contribution in [2.75, 3.05) is 11.6 Å². The molecule has 0 saturated carbocycles. The van der Waals surface area contributed by atoms with Gasteiger partial charge in [0, 0.05) is 11.6 Å². The van der Waals surface area contributed by atoms with Crippen LogP contribution in [0.15, 0.2) is 47.6 Å². The molecule has 1 aliphatic rings. The molecule has 0 amide bonds. The fraction of sp³-hybridized carbons (Fsp3) is 0.263. The van der Waals surface area contributed by atoms with Gasteiger partial charge < -0.3 is 5.32 Å². The highest BCUT2D eigenvalue weighted by atomic mass is 32.2. The molecule has 2 aromatic carbocycles. The standard InChI is InChI=1S/C19H18FN3O2S/c1-26(24,25)14-7-8-17-16(10-14)19(22-11-21-17)23-18-4-2-3-12-5-6-13(20)9-15(12)18/h5-11,18H,2-4H2,1H3,(H,21,22,23)/t18-/m0/s1. The number of sulfone groups is 1. The van der Waals surface area contributed by atoms with Gasteiger partial charge in [-0.25, -0.2) is 22.8 Å². The minimum Gasteiger partial charge on any atom is -0.363 e. The molecule has 134 valence electrons. The van der Waals surface area contributed by atoms with Gasteiger partial charge in [-0.3, -0.25) is 0 Å². The number of aryl methyl sites for hydroxylation is 1. The van der Waals surface area contributed by atoms with Crippen LogP contribution in [0.25, 0.3) is 10.9 Å². The van der Waals surface area contributed by atoms with E-state index in [9.17, 15) is 12.8 Å². The minimum absolute atomic E-state index is 0.0746. The van der Waals surface area contributed by atoms with Crippen molar-refractivity contribution in [1.82, 2.24) is 9.97 Å². The molecule has 1 atom stereocenters. The summed E-state index contributed by atoms with van der Waals surface area (Å²) in [5.74, 6) is 0.298. The van der Waals surface area contributed by atoms with Crippen LogP contribution >= 0.6 is 0 Å². The molecule has 0 unspecified atom stereocenters. The van der Waals surface area contributed by atoms with Gasteiger partial charge in [0.05, 0.1) is 16.5 Å². The number of fused-ring (bicyclic) bond motifs is 2. The summed E-state index contributed by atoms with van der Waals surface area (Å²) in [5.41, 5.74) is 2.72. The quantitative estimate of drug-likeness (QED) is 0.761. The summed E-state index contributed by atoms with van der Waals surface area (Å²) in [6.45, 7) is 0. The van der Waals surface area contributed by atoms with E-state index in [1.165, 1.54) is 18.6 Å². The van der Waals surface area contributed by atoms with Crippen molar-refractivity contribution < 1.29 is 12.8 Å². The number of benzene rings is 2. The topological polar surface area (TPSA) is 72.0 Å². The van der Waals surface area contributed by atoms with E-state index in [1.54, 1.807) is 24.3 Å². The van der Waals surface area contributed by atoms with Gasteiger partial charge in [0.25, 0.3) is 0 Å². The molecule has 0 saturated heterocycles. The third kappa shape index (κ3) is 3.14. The van der Waals surface area contributed by atoms with E-state index in [1.807, 2.05) is 6.07 Å². The molecule has 5 nitrogen and oxygen atoms in total. The summed E-state index contributed by atoms with van der Waals surface area (Å²) in [4.78, 5) is 8.74. The molecule has 1 N–H and O–H groups in total. The number of nitrogens with zero attached hydrogens (tertiary/aromatic N) is 2. The number of nitrogens with one attached hydrogen (secondary N) is 1. The first-order valence-corrected chi connectivity index (χ1v) is 10.3. The summed E-state index contributed by atoms with van der Waals surface area (Å²) in [6.07, 6.45) is 5.39. The summed E-state index contributed by atoms with van der Waals surface area (Å²) < 4.78 is 37.5. The predicted molar refractivity (Wildman–Crippen MR) is 98.3 cm³/mol. The lowest BCUT2D eigenvalue weighted by Crippen LogP contribution is -2.18. The number of aromatic nitrogens is 2. The molecule has 3 aromatic rings. The molecule has 0 fully saturated rings. The Morgan fingerprint density at radius 2 is 2.00 bits per heavy atom. The van der Waals surface area contributed by atoms with Crippen LogP contribution in [-0.2, 0) is 16.3 Å². The lowest BCUT2D eigenvalue weighted by molar-refractivity contribution is 0.579. The molecule has 1 heterocycles. The van der Waals surface area contributed by atoms with Crippen LogP contribution < -0.4 is 5.32 Å². The molecular formula is C19H18FN3O2S. The van der Waals surface area contributed by atoms with E-state index >= 15 is 0 Å². The van der Waals surface area contributed by atoms with E-state index in [4.69, 9.17) is 0 Å². The van der Waals surface area contributed by atoms with Crippen molar-refractivity contribution >= 4 is 26.6 Å². The number of rotatable bonds is 3. The number of halogens is 1. The maximum Gasteiger partial charge on any atom is 0.175 e. The van der Waals surface area contributed by atoms with Crippen molar-refractivity contribution in [2.45, 2.75) is 30.2 Å². The average Bonchev–Trinajstić information content (AvgIpc) is 2.61. The Kier molecular flexibility index (Phi) is 4.11. The Labute approximate surface area is 151 Å². The largest absolute Gasteiger partial charge is 0.363 e. The lowest BCUT2D eigenvalue weighted by atomic mass is 9.87. The summed E-state index contributed by atoms with van der Waals surface area (Å²) in [6, 6.07) is 9.61. The Morgan fingerprint density at radius 1 is 1.15 bits per heavy atom. The van der Waals surface area contributed by atoms with Gasteiger partial charge in [-0.15, -0.1) is 0 Å². The Hall–Kier alpha value is -2.54. The highest BCUT2D eigenvalue weighted by molar-refractivity contribution is 7.90. The average molecular weight is 371 g/mol. The molecule has 26 heavy (non-hydrogen) atoms. The van der Waals surface area contributed by atoms with Crippen LogP contribution in [0.2, 0.25) is 0 Å².